The molecule has 1 saturated heterocycles. The fraction of sp³-hybridized carbons (Fsp3) is 0.211. The normalized spacial score (nSPS) is 19.2. The number of rotatable bonds is 2. The summed E-state index contributed by atoms with van der Waals surface area (Å²) in [4.78, 5) is 25.8. The highest BCUT2D eigenvalue weighted by atomic mass is 35.5. The van der Waals surface area contributed by atoms with E-state index in [0.29, 0.717) is 9.93 Å². The Morgan fingerprint density at radius 2 is 1.73 bits per heavy atom. The van der Waals surface area contributed by atoms with Gasteiger partial charge in [-0.05, 0) is 35.5 Å². The summed E-state index contributed by atoms with van der Waals surface area (Å²) in [5, 5.41) is 1.45. The van der Waals surface area contributed by atoms with Crippen LogP contribution in [0, 0.1) is 0 Å². The molecule has 1 aromatic carbocycles. The molecule has 1 fully saturated rings. The maximum absolute atomic E-state index is 12.2. The first-order chi connectivity index (χ1) is 12.7. The molecule has 1 aromatic heterocycles. The molecular weight excluding hydrogens is 368 g/mol. The van der Waals surface area contributed by atoms with Crippen LogP contribution in [0.5, 0.6) is 0 Å². The van der Waals surface area contributed by atoms with Gasteiger partial charge in [0.1, 0.15) is 5.82 Å². The minimum atomic E-state index is -0.163. The number of benzene rings is 1. The molecule has 4 rings (SSSR count). The first-order valence-electron chi connectivity index (χ1n) is 8.39. The summed E-state index contributed by atoms with van der Waals surface area (Å²) >= 11 is 7.69. The number of aliphatic imine (C=N–C) groups is 1. The van der Waals surface area contributed by atoms with Gasteiger partial charge >= 0.3 is 0 Å². The number of pyridine rings is 1. The van der Waals surface area contributed by atoms with Crippen LogP contribution in [0.25, 0.3) is 6.08 Å². The minimum absolute atomic E-state index is 0.163. The largest absolute Gasteiger partial charge is 0.352 e. The molecule has 26 heavy (non-hydrogen) atoms. The van der Waals surface area contributed by atoms with Crippen LogP contribution in [0.2, 0.25) is 5.02 Å². The number of carbonyl (C=O) groups is 1. The predicted molar refractivity (Wildman–Crippen MR) is 107 cm³/mol. The maximum Gasteiger partial charge on any atom is 0.286 e. The molecule has 0 saturated carbocycles. The minimum Gasteiger partial charge on any atom is -0.352 e. The van der Waals surface area contributed by atoms with Crippen LogP contribution in [0.1, 0.15) is 5.56 Å². The summed E-state index contributed by atoms with van der Waals surface area (Å²) in [7, 11) is 0. The van der Waals surface area contributed by atoms with Crippen molar-refractivity contribution in [1.82, 2.24) is 9.88 Å². The van der Waals surface area contributed by atoms with Gasteiger partial charge in [-0.3, -0.25) is 4.79 Å². The molecule has 0 atom stereocenters. The number of aromatic nitrogens is 1. The third kappa shape index (κ3) is 3.61. The van der Waals surface area contributed by atoms with Gasteiger partial charge in [-0.25, -0.2) is 4.98 Å². The molecule has 7 heteroatoms. The van der Waals surface area contributed by atoms with E-state index in [9.17, 15) is 4.79 Å². The third-order valence-electron chi connectivity index (χ3n) is 4.30. The zero-order chi connectivity index (χ0) is 17.9. The molecule has 2 aliphatic heterocycles. The summed E-state index contributed by atoms with van der Waals surface area (Å²) in [5.74, 6) is 0.652. The van der Waals surface area contributed by atoms with Gasteiger partial charge in [0.2, 0.25) is 0 Å². The van der Waals surface area contributed by atoms with E-state index in [4.69, 9.17) is 11.6 Å². The van der Waals surface area contributed by atoms with Gasteiger partial charge in [0.15, 0.2) is 5.17 Å². The van der Waals surface area contributed by atoms with E-state index in [1.54, 1.807) is 6.20 Å². The molecule has 0 spiro atoms. The zero-order valence-electron chi connectivity index (χ0n) is 14.0. The highest BCUT2D eigenvalue weighted by Gasteiger charge is 2.29. The number of hydrogen-bond donors (Lipinski definition) is 0. The molecule has 3 heterocycles. The number of amidine groups is 1. The fourth-order valence-corrected chi connectivity index (χ4v) is 4.16. The van der Waals surface area contributed by atoms with Crippen LogP contribution in [0.3, 0.4) is 0 Å². The smallest absolute Gasteiger partial charge is 0.286 e. The van der Waals surface area contributed by atoms with Gasteiger partial charge in [-0.15, -0.1) is 0 Å². The summed E-state index contributed by atoms with van der Waals surface area (Å²) in [6, 6.07) is 13.5. The standard InChI is InChI=1S/C19H17ClN4OS/c20-15-7-4-8-21-17(15)23-9-11-24(12-10-23)19-22-18(25)16(26-19)13-14-5-2-1-3-6-14/h1-8,13H,9-12H2/b16-13-. The second-order valence-electron chi connectivity index (χ2n) is 6.00. The van der Waals surface area contributed by atoms with E-state index in [2.05, 4.69) is 19.8 Å². The lowest BCUT2D eigenvalue weighted by Crippen LogP contribution is -2.48. The van der Waals surface area contributed by atoms with Gasteiger partial charge in [0.25, 0.3) is 5.91 Å². The van der Waals surface area contributed by atoms with Crippen molar-refractivity contribution >= 4 is 46.3 Å². The number of piperazine rings is 1. The molecule has 132 valence electrons. The summed E-state index contributed by atoms with van der Waals surface area (Å²) in [6.45, 7) is 3.15. The van der Waals surface area contributed by atoms with E-state index < -0.39 is 0 Å². The number of halogens is 1. The average molecular weight is 385 g/mol. The monoisotopic (exact) mass is 384 g/mol. The van der Waals surface area contributed by atoms with Gasteiger partial charge in [0, 0.05) is 32.4 Å². The molecule has 1 amide bonds. The maximum atomic E-state index is 12.2. The molecule has 0 radical (unpaired) electrons. The van der Waals surface area contributed by atoms with Crippen molar-refractivity contribution in [3.05, 3.63) is 64.2 Å². The molecule has 2 aromatic rings. The lowest BCUT2D eigenvalue weighted by molar-refractivity contribution is -0.113. The van der Waals surface area contributed by atoms with Crippen LogP contribution in [-0.2, 0) is 4.79 Å². The van der Waals surface area contributed by atoms with Crippen molar-refractivity contribution in [2.75, 3.05) is 31.1 Å². The molecule has 0 N–H and O–H groups in total. The molecule has 0 aliphatic carbocycles. The molecule has 0 bridgehead atoms. The first kappa shape index (κ1) is 17.1. The Hall–Kier alpha value is -2.31. The van der Waals surface area contributed by atoms with Crippen molar-refractivity contribution in [1.29, 1.82) is 0 Å². The Labute approximate surface area is 161 Å². The van der Waals surface area contributed by atoms with E-state index in [1.807, 2.05) is 48.5 Å². The summed E-state index contributed by atoms with van der Waals surface area (Å²) in [5.41, 5.74) is 1.01. The zero-order valence-corrected chi connectivity index (χ0v) is 15.6. The number of carbonyl (C=O) groups excluding carboxylic acids is 1. The first-order valence-corrected chi connectivity index (χ1v) is 9.58. The molecule has 0 unspecified atom stereocenters. The van der Waals surface area contributed by atoms with Crippen LogP contribution < -0.4 is 4.90 Å². The highest BCUT2D eigenvalue weighted by molar-refractivity contribution is 8.18. The second-order valence-corrected chi connectivity index (χ2v) is 7.42. The van der Waals surface area contributed by atoms with Crippen molar-refractivity contribution in [2.45, 2.75) is 0 Å². The van der Waals surface area contributed by atoms with Crippen molar-refractivity contribution < 1.29 is 4.79 Å². The molecule has 5 nitrogen and oxygen atoms in total. The lowest BCUT2D eigenvalue weighted by Gasteiger charge is -2.36. The number of hydrogen-bond acceptors (Lipinski definition) is 5. The van der Waals surface area contributed by atoms with Gasteiger partial charge in [0.05, 0.1) is 9.93 Å². The molecular formula is C19H17ClN4OS. The van der Waals surface area contributed by atoms with Crippen molar-refractivity contribution in [3.63, 3.8) is 0 Å². The van der Waals surface area contributed by atoms with Crippen LogP contribution in [-0.4, -0.2) is 47.1 Å². The van der Waals surface area contributed by atoms with E-state index in [-0.39, 0.29) is 5.91 Å². The molecule has 2 aliphatic rings. The Morgan fingerprint density at radius 1 is 1.00 bits per heavy atom. The average Bonchev–Trinajstić information content (AvgIpc) is 3.04. The van der Waals surface area contributed by atoms with Gasteiger partial charge in [-0.2, -0.15) is 4.99 Å². The topological polar surface area (TPSA) is 48.8 Å². The Balaban J connectivity index is 1.41. The summed E-state index contributed by atoms with van der Waals surface area (Å²) < 4.78 is 0. The highest BCUT2D eigenvalue weighted by Crippen LogP contribution is 2.31. The van der Waals surface area contributed by atoms with Crippen LogP contribution >= 0.6 is 23.4 Å². The third-order valence-corrected chi connectivity index (χ3v) is 5.63. The second kappa shape index (κ2) is 7.51. The van der Waals surface area contributed by atoms with E-state index in [1.165, 1.54) is 11.8 Å². The van der Waals surface area contributed by atoms with Crippen molar-refractivity contribution in [3.8, 4) is 0 Å². The predicted octanol–water partition coefficient (Wildman–Crippen LogP) is 3.53. The number of amides is 1. The Kier molecular flexibility index (Phi) is 4.95. The SMILES string of the molecule is O=C1N=C(N2CCN(c3ncccc3Cl)CC2)S/C1=C\c1ccccc1. The van der Waals surface area contributed by atoms with Crippen LogP contribution in [0.15, 0.2) is 58.6 Å². The van der Waals surface area contributed by atoms with E-state index >= 15 is 0 Å². The Morgan fingerprint density at radius 3 is 2.46 bits per heavy atom. The lowest BCUT2D eigenvalue weighted by atomic mass is 10.2. The Bertz CT molecular complexity index is 876. The quantitative estimate of drug-likeness (QED) is 0.741. The fourth-order valence-electron chi connectivity index (χ4n) is 2.95. The number of nitrogens with zero attached hydrogens (tertiary/aromatic N) is 4. The number of thioether (sulfide) groups is 1. The van der Waals surface area contributed by atoms with Gasteiger partial charge < -0.3 is 9.80 Å². The van der Waals surface area contributed by atoms with Crippen LogP contribution in [0.4, 0.5) is 5.82 Å². The summed E-state index contributed by atoms with van der Waals surface area (Å²) in [6.07, 6.45) is 3.65. The van der Waals surface area contributed by atoms with Gasteiger partial charge in [-0.1, -0.05) is 41.9 Å². The number of anilines is 1. The van der Waals surface area contributed by atoms with Crippen molar-refractivity contribution in [2.24, 2.45) is 4.99 Å². The van der Waals surface area contributed by atoms with E-state index in [0.717, 1.165) is 42.7 Å².